The lowest BCUT2D eigenvalue weighted by atomic mass is 9.95. The molecule has 0 aromatic heterocycles. The summed E-state index contributed by atoms with van der Waals surface area (Å²) < 4.78 is 0. The Morgan fingerprint density at radius 2 is 1.75 bits per heavy atom. The highest BCUT2D eigenvalue weighted by Gasteiger charge is 2.22. The van der Waals surface area contributed by atoms with Gasteiger partial charge in [-0.15, -0.1) is 0 Å². The van der Waals surface area contributed by atoms with Crippen molar-refractivity contribution in [2.45, 2.75) is 39.8 Å². The normalized spacial score (nSPS) is 15.1. The molecule has 0 fully saturated rings. The lowest BCUT2D eigenvalue weighted by Gasteiger charge is -2.33. The van der Waals surface area contributed by atoms with Crippen molar-refractivity contribution in [2.24, 2.45) is 5.73 Å². The molecule has 0 radical (unpaired) electrons. The van der Waals surface area contributed by atoms with Gasteiger partial charge in [0, 0.05) is 12.1 Å². The number of benzene rings is 1. The number of nitrogens with zero attached hydrogens (tertiary/aromatic N) is 1. The molecule has 0 aliphatic rings. The van der Waals surface area contributed by atoms with E-state index in [9.17, 15) is 0 Å². The van der Waals surface area contributed by atoms with Gasteiger partial charge in [-0.1, -0.05) is 38.1 Å². The van der Waals surface area contributed by atoms with E-state index in [0.29, 0.717) is 6.04 Å². The summed E-state index contributed by atoms with van der Waals surface area (Å²) in [6, 6.07) is 9.02. The minimum absolute atomic E-state index is 0.154. The van der Waals surface area contributed by atoms with Crippen molar-refractivity contribution in [3.05, 3.63) is 35.4 Å². The lowest BCUT2D eigenvalue weighted by molar-refractivity contribution is 0.195. The van der Waals surface area contributed by atoms with Gasteiger partial charge in [-0.25, -0.2) is 0 Å². The predicted octanol–water partition coefficient (Wildman–Crippen LogP) is 2.73. The van der Waals surface area contributed by atoms with Gasteiger partial charge in [0.1, 0.15) is 0 Å². The van der Waals surface area contributed by atoms with Gasteiger partial charge in [-0.2, -0.15) is 0 Å². The van der Waals surface area contributed by atoms with Crippen LogP contribution in [0.25, 0.3) is 0 Å². The van der Waals surface area contributed by atoms with E-state index in [2.05, 4.69) is 56.9 Å². The van der Waals surface area contributed by atoms with Gasteiger partial charge in [0.2, 0.25) is 0 Å². The molecule has 1 rings (SSSR count). The maximum atomic E-state index is 6.15. The second kappa shape index (κ2) is 6.02. The van der Waals surface area contributed by atoms with Crippen LogP contribution in [0.2, 0.25) is 0 Å². The van der Waals surface area contributed by atoms with Crippen LogP contribution in [0.4, 0.5) is 0 Å². The number of rotatable bonds is 5. The van der Waals surface area contributed by atoms with Crippen LogP contribution in [-0.2, 0) is 0 Å². The molecule has 2 nitrogen and oxygen atoms in total. The first-order valence-electron chi connectivity index (χ1n) is 6.16. The second-order valence-electron chi connectivity index (χ2n) is 4.38. The molecule has 0 bridgehead atoms. The van der Waals surface area contributed by atoms with Crippen LogP contribution in [0.15, 0.2) is 24.3 Å². The van der Waals surface area contributed by atoms with E-state index in [1.807, 2.05) is 0 Å². The quantitative estimate of drug-likeness (QED) is 0.826. The molecule has 2 unspecified atom stereocenters. The summed E-state index contributed by atoms with van der Waals surface area (Å²) in [5.74, 6) is 0. The number of hydrogen-bond donors (Lipinski definition) is 1. The number of hydrogen-bond acceptors (Lipinski definition) is 2. The van der Waals surface area contributed by atoms with Crippen LogP contribution in [0.5, 0.6) is 0 Å². The Kier molecular flexibility index (Phi) is 4.97. The third-order valence-electron chi connectivity index (χ3n) is 3.21. The molecule has 0 amide bonds. The van der Waals surface area contributed by atoms with Crippen LogP contribution < -0.4 is 5.73 Å². The molecule has 0 aliphatic heterocycles. The van der Waals surface area contributed by atoms with Gasteiger partial charge in [0.15, 0.2) is 0 Å². The molecule has 0 saturated carbocycles. The molecule has 2 atom stereocenters. The molecule has 0 heterocycles. The summed E-state index contributed by atoms with van der Waals surface area (Å²) in [5.41, 5.74) is 8.84. The molecule has 1 aromatic rings. The second-order valence-corrected chi connectivity index (χ2v) is 4.38. The van der Waals surface area contributed by atoms with Crippen LogP contribution in [0, 0.1) is 6.92 Å². The van der Waals surface area contributed by atoms with Crippen molar-refractivity contribution in [3.8, 4) is 0 Å². The SMILES string of the molecule is CCN(CC)C(c1ccccc1C)C(C)N. The smallest absolute Gasteiger partial charge is 0.0498 e. The van der Waals surface area contributed by atoms with Crippen molar-refractivity contribution in [1.29, 1.82) is 0 Å². The fraction of sp³-hybridized carbons (Fsp3) is 0.571. The van der Waals surface area contributed by atoms with Gasteiger partial charge in [-0.3, -0.25) is 4.90 Å². The Balaban J connectivity index is 3.07. The zero-order valence-electron chi connectivity index (χ0n) is 10.9. The van der Waals surface area contributed by atoms with Crippen molar-refractivity contribution >= 4 is 0 Å². The first-order chi connectivity index (χ1) is 7.61. The van der Waals surface area contributed by atoms with E-state index < -0.39 is 0 Å². The highest BCUT2D eigenvalue weighted by atomic mass is 15.2. The average Bonchev–Trinajstić information content (AvgIpc) is 2.27. The van der Waals surface area contributed by atoms with E-state index in [4.69, 9.17) is 5.73 Å². The van der Waals surface area contributed by atoms with E-state index in [-0.39, 0.29) is 6.04 Å². The maximum absolute atomic E-state index is 6.15. The molecular formula is C14H24N2. The molecule has 0 spiro atoms. The molecule has 1 aromatic carbocycles. The Hall–Kier alpha value is -0.860. The fourth-order valence-corrected chi connectivity index (χ4v) is 2.35. The van der Waals surface area contributed by atoms with Crippen LogP contribution in [0.3, 0.4) is 0 Å². The third kappa shape index (κ3) is 2.83. The van der Waals surface area contributed by atoms with Crippen molar-refractivity contribution in [3.63, 3.8) is 0 Å². The molecule has 0 aliphatic carbocycles. The number of aryl methyl sites for hydroxylation is 1. The highest BCUT2D eigenvalue weighted by Crippen LogP contribution is 2.25. The molecule has 16 heavy (non-hydrogen) atoms. The van der Waals surface area contributed by atoms with E-state index in [0.717, 1.165) is 13.1 Å². The van der Waals surface area contributed by atoms with Gasteiger partial charge in [0.25, 0.3) is 0 Å². The van der Waals surface area contributed by atoms with Crippen LogP contribution in [0.1, 0.15) is 37.9 Å². The molecular weight excluding hydrogens is 196 g/mol. The predicted molar refractivity (Wildman–Crippen MR) is 70.5 cm³/mol. The lowest BCUT2D eigenvalue weighted by Crippen LogP contribution is -2.39. The number of likely N-dealkylation sites (N-methyl/N-ethyl adjacent to an activating group) is 1. The molecule has 0 saturated heterocycles. The van der Waals surface area contributed by atoms with Crippen LogP contribution in [-0.4, -0.2) is 24.0 Å². The Morgan fingerprint density at radius 1 is 1.19 bits per heavy atom. The molecule has 90 valence electrons. The minimum atomic E-state index is 0.154. The summed E-state index contributed by atoms with van der Waals surface area (Å²) >= 11 is 0. The standard InChI is InChI=1S/C14H24N2/c1-5-16(6-2)14(12(4)15)13-10-8-7-9-11(13)3/h7-10,12,14H,5-6,15H2,1-4H3. The number of nitrogens with two attached hydrogens (primary N) is 1. The van der Waals surface area contributed by atoms with Gasteiger partial charge in [0.05, 0.1) is 0 Å². The van der Waals surface area contributed by atoms with Crippen molar-refractivity contribution in [1.82, 2.24) is 4.90 Å². The van der Waals surface area contributed by atoms with Crippen molar-refractivity contribution in [2.75, 3.05) is 13.1 Å². The zero-order valence-corrected chi connectivity index (χ0v) is 10.9. The monoisotopic (exact) mass is 220 g/mol. The van der Waals surface area contributed by atoms with E-state index in [1.165, 1.54) is 11.1 Å². The van der Waals surface area contributed by atoms with E-state index >= 15 is 0 Å². The summed E-state index contributed by atoms with van der Waals surface area (Å²) in [6.07, 6.45) is 0. The van der Waals surface area contributed by atoms with Gasteiger partial charge >= 0.3 is 0 Å². The Labute approximate surface area is 99.5 Å². The average molecular weight is 220 g/mol. The molecule has 2 N–H and O–H groups in total. The summed E-state index contributed by atoms with van der Waals surface area (Å²) in [5, 5.41) is 0. The maximum Gasteiger partial charge on any atom is 0.0498 e. The van der Waals surface area contributed by atoms with Crippen LogP contribution >= 0.6 is 0 Å². The van der Waals surface area contributed by atoms with E-state index in [1.54, 1.807) is 0 Å². The first kappa shape index (κ1) is 13.2. The Bertz CT molecular complexity index is 316. The topological polar surface area (TPSA) is 29.3 Å². The summed E-state index contributed by atoms with van der Waals surface area (Å²) in [4.78, 5) is 2.42. The highest BCUT2D eigenvalue weighted by molar-refractivity contribution is 5.29. The first-order valence-corrected chi connectivity index (χ1v) is 6.16. The largest absolute Gasteiger partial charge is 0.326 e. The van der Waals surface area contributed by atoms with Gasteiger partial charge < -0.3 is 5.73 Å². The third-order valence-corrected chi connectivity index (χ3v) is 3.21. The Morgan fingerprint density at radius 3 is 2.19 bits per heavy atom. The van der Waals surface area contributed by atoms with Crippen molar-refractivity contribution < 1.29 is 0 Å². The minimum Gasteiger partial charge on any atom is -0.326 e. The zero-order chi connectivity index (χ0) is 12.1. The molecule has 2 heteroatoms. The summed E-state index contributed by atoms with van der Waals surface area (Å²) in [6.45, 7) is 10.7. The summed E-state index contributed by atoms with van der Waals surface area (Å²) in [7, 11) is 0. The fourth-order valence-electron chi connectivity index (χ4n) is 2.35. The van der Waals surface area contributed by atoms with Gasteiger partial charge in [-0.05, 0) is 38.1 Å².